The molecule has 0 bridgehead atoms. The normalized spacial score (nSPS) is 11.0. The zero-order valence-corrected chi connectivity index (χ0v) is 16.0. The van der Waals surface area contributed by atoms with Gasteiger partial charge in [-0.3, -0.25) is 10.1 Å². The van der Waals surface area contributed by atoms with Gasteiger partial charge in [0.1, 0.15) is 0 Å². The number of aromatic nitrogens is 2. The second kappa shape index (κ2) is 8.82. The van der Waals surface area contributed by atoms with Crippen LogP contribution in [0, 0.1) is 0 Å². The summed E-state index contributed by atoms with van der Waals surface area (Å²) in [4.78, 5) is 23.4. The molecule has 0 saturated carbocycles. The molecule has 0 saturated heterocycles. The van der Waals surface area contributed by atoms with E-state index in [4.69, 9.17) is 0 Å². The fourth-order valence-corrected chi connectivity index (χ4v) is 3.32. The molecule has 3 N–H and O–H groups in total. The second-order valence-corrected chi connectivity index (χ2v) is 8.45. The minimum atomic E-state index is -0.499. The number of thioether (sulfide) groups is 1. The van der Waals surface area contributed by atoms with Crippen LogP contribution in [-0.4, -0.2) is 33.4 Å². The van der Waals surface area contributed by atoms with Crippen molar-refractivity contribution in [2.75, 3.05) is 11.1 Å². The van der Waals surface area contributed by atoms with Gasteiger partial charge in [0.2, 0.25) is 11.0 Å². The van der Waals surface area contributed by atoms with Gasteiger partial charge in [-0.1, -0.05) is 53.4 Å². The minimum Gasteiger partial charge on any atom is -0.356 e. The number of imide groups is 1. The number of benzene rings is 1. The standard InChI is InChI=1S/C16H21N5O2S2/c1-16(2,3)19-13(23)18-12(22)10-24-15-21-20-14(25-15)17-9-11-7-5-4-6-8-11/h4-8H,9-10H2,1-3H3,(H,17,20)(H2,18,19,22,23). The Morgan fingerprint density at radius 2 is 1.88 bits per heavy atom. The Morgan fingerprint density at radius 1 is 1.16 bits per heavy atom. The predicted octanol–water partition coefficient (Wildman–Crippen LogP) is 2.87. The van der Waals surface area contributed by atoms with Crippen LogP contribution in [0.2, 0.25) is 0 Å². The first-order chi connectivity index (χ1) is 11.8. The molecule has 0 aliphatic rings. The maximum Gasteiger partial charge on any atom is 0.321 e. The fraction of sp³-hybridized carbons (Fsp3) is 0.375. The zero-order valence-electron chi connectivity index (χ0n) is 14.3. The molecular formula is C16H21N5O2S2. The number of carbonyl (C=O) groups excluding carboxylic acids is 2. The monoisotopic (exact) mass is 379 g/mol. The van der Waals surface area contributed by atoms with Crippen LogP contribution in [0.15, 0.2) is 34.7 Å². The number of urea groups is 1. The number of anilines is 1. The van der Waals surface area contributed by atoms with Crippen molar-refractivity contribution in [3.05, 3.63) is 35.9 Å². The molecule has 0 unspecified atom stereocenters. The lowest BCUT2D eigenvalue weighted by Crippen LogP contribution is -2.48. The molecule has 7 nitrogen and oxygen atoms in total. The summed E-state index contributed by atoms with van der Waals surface area (Å²) in [5.41, 5.74) is 0.756. The van der Waals surface area contributed by atoms with Gasteiger partial charge in [0, 0.05) is 12.1 Å². The van der Waals surface area contributed by atoms with Crippen molar-refractivity contribution in [1.29, 1.82) is 0 Å². The van der Waals surface area contributed by atoms with E-state index in [1.807, 2.05) is 51.1 Å². The molecule has 9 heteroatoms. The fourth-order valence-electron chi connectivity index (χ4n) is 1.77. The van der Waals surface area contributed by atoms with Gasteiger partial charge in [-0.2, -0.15) is 0 Å². The highest BCUT2D eigenvalue weighted by molar-refractivity contribution is 8.01. The number of carbonyl (C=O) groups is 2. The van der Waals surface area contributed by atoms with Crippen molar-refractivity contribution in [2.24, 2.45) is 0 Å². The van der Waals surface area contributed by atoms with Gasteiger partial charge in [-0.25, -0.2) is 4.79 Å². The van der Waals surface area contributed by atoms with Crippen LogP contribution in [0.4, 0.5) is 9.93 Å². The van der Waals surface area contributed by atoms with Gasteiger partial charge < -0.3 is 10.6 Å². The van der Waals surface area contributed by atoms with Crippen LogP contribution in [0.25, 0.3) is 0 Å². The van der Waals surface area contributed by atoms with Crippen LogP contribution < -0.4 is 16.0 Å². The maximum atomic E-state index is 11.8. The number of hydrogen-bond acceptors (Lipinski definition) is 7. The average molecular weight is 380 g/mol. The number of nitrogens with zero attached hydrogens (tertiary/aromatic N) is 2. The molecule has 0 atom stereocenters. The Morgan fingerprint density at radius 3 is 2.56 bits per heavy atom. The molecule has 2 rings (SSSR count). The molecule has 1 aromatic carbocycles. The van der Waals surface area contributed by atoms with E-state index in [1.165, 1.54) is 23.1 Å². The summed E-state index contributed by atoms with van der Waals surface area (Å²) in [6, 6.07) is 9.48. The Bertz CT molecular complexity index is 713. The summed E-state index contributed by atoms with van der Waals surface area (Å²) >= 11 is 2.62. The number of amides is 3. The molecule has 0 spiro atoms. The number of rotatable bonds is 6. The van der Waals surface area contributed by atoms with Crippen molar-refractivity contribution in [3.63, 3.8) is 0 Å². The SMILES string of the molecule is CC(C)(C)NC(=O)NC(=O)CSc1nnc(NCc2ccccc2)s1. The van der Waals surface area contributed by atoms with E-state index in [0.717, 1.165) is 5.56 Å². The van der Waals surface area contributed by atoms with Crippen LogP contribution in [0.1, 0.15) is 26.3 Å². The van der Waals surface area contributed by atoms with E-state index in [0.29, 0.717) is 16.0 Å². The smallest absolute Gasteiger partial charge is 0.321 e. The number of nitrogens with one attached hydrogen (secondary N) is 3. The molecule has 3 amide bonds. The highest BCUT2D eigenvalue weighted by atomic mass is 32.2. The third-order valence-corrected chi connectivity index (χ3v) is 4.78. The molecule has 25 heavy (non-hydrogen) atoms. The molecule has 1 heterocycles. The summed E-state index contributed by atoms with van der Waals surface area (Å²) in [5, 5.41) is 16.9. The van der Waals surface area contributed by atoms with Crippen molar-refractivity contribution < 1.29 is 9.59 Å². The average Bonchev–Trinajstić information content (AvgIpc) is 2.98. The molecule has 0 radical (unpaired) electrons. The van der Waals surface area contributed by atoms with Crippen LogP contribution in [0.3, 0.4) is 0 Å². The van der Waals surface area contributed by atoms with Crippen molar-refractivity contribution in [1.82, 2.24) is 20.8 Å². The van der Waals surface area contributed by atoms with Crippen LogP contribution in [-0.2, 0) is 11.3 Å². The number of hydrogen-bond donors (Lipinski definition) is 3. The molecular weight excluding hydrogens is 358 g/mol. The van der Waals surface area contributed by atoms with Gasteiger partial charge in [0.05, 0.1) is 5.75 Å². The van der Waals surface area contributed by atoms with Gasteiger partial charge in [0.25, 0.3) is 0 Å². The lowest BCUT2D eigenvalue weighted by Gasteiger charge is -2.20. The van der Waals surface area contributed by atoms with Crippen LogP contribution in [0.5, 0.6) is 0 Å². The highest BCUT2D eigenvalue weighted by Crippen LogP contribution is 2.25. The lowest BCUT2D eigenvalue weighted by atomic mass is 10.1. The Balaban J connectivity index is 1.73. The van der Waals surface area contributed by atoms with Crippen LogP contribution >= 0.6 is 23.1 Å². The van der Waals surface area contributed by atoms with Crippen molar-refractivity contribution >= 4 is 40.2 Å². The first kappa shape index (κ1) is 19.2. The van der Waals surface area contributed by atoms with E-state index >= 15 is 0 Å². The Labute approximate surface area is 155 Å². The summed E-state index contributed by atoms with van der Waals surface area (Å²) in [5.74, 6) is -0.272. The predicted molar refractivity (Wildman–Crippen MR) is 101 cm³/mol. The lowest BCUT2D eigenvalue weighted by molar-refractivity contribution is -0.117. The summed E-state index contributed by atoms with van der Waals surface area (Å²) in [6.07, 6.45) is 0. The Kier molecular flexibility index (Phi) is 6.77. The first-order valence-corrected chi connectivity index (χ1v) is 9.48. The molecule has 0 fully saturated rings. The summed E-state index contributed by atoms with van der Waals surface area (Å²) in [7, 11) is 0. The van der Waals surface area contributed by atoms with E-state index in [2.05, 4.69) is 26.1 Å². The van der Waals surface area contributed by atoms with Gasteiger partial charge >= 0.3 is 6.03 Å². The van der Waals surface area contributed by atoms with Gasteiger partial charge in [0.15, 0.2) is 4.34 Å². The van der Waals surface area contributed by atoms with Gasteiger partial charge in [-0.15, -0.1) is 10.2 Å². The largest absolute Gasteiger partial charge is 0.356 e. The van der Waals surface area contributed by atoms with E-state index in [1.54, 1.807) is 0 Å². The summed E-state index contributed by atoms with van der Waals surface area (Å²) < 4.78 is 0.668. The molecule has 0 aliphatic heterocycles. The van der Waals surface area contributed by atoms with Crippen molar-refractivity contribution in [2.45, 2.75) is 37.2 Å². The van der Waals surface area contributed by atoms with E-state index < -0.39 is 11.6 Å². The zero-order chi connectivity index (χ0) is 18.3. The minimum absolute atomic E-state index is 0.102. The second-order valence-electron chi connectivity index (χ2n) is 6.25. The van der Waals surface area contributed by atoms with Crippen molar-refractivity contribution in [3.8, 4) is 0 Å². The Hall–Kier alpha value is -2.13. The summed E-state index contributed by atoms with van der Waals surface area (Å²) in [6.45, 7) is 6.19. The molecule has 134 valence electrons. The molecule has 1 aromatic heterocycles. The first-order valence-electron chi connectivity index (χ1n) is 7.68. The van der Waals surface area contributed by atoms with Gasteiger partial charge in [-0.05, 0) is 26.3 Å². The maximum absolute atomic E-state index is 11.8. The molecule has 2 aromatic rings. The highest BCUT2D eigenvalue weighted by Gasteiger charge is 2.16. The van der Waals surface area contributed by atoms with E-state index in [9.17, 15) is 9.59 Å². The topological polar surface area (TPSA) is 96.0 Å². The molecule has 0 aliphatic carbocycles. The van der Waals surface area contributed by atoms with E-state index in [-0.39, 0.29) is 11.7 Å². The quantitative estimate of drug-likeness (QED) is 0.668. The third-order valence-electron chi connectivity index (χ3n) is 2.76. The third kappa shape index (κ3) is 7.53.